The number of sulfonamides is 1. The van der Waals surface area contributed by atoms with E-state index in [0.717, 1.165) is 34.8 Å². The Morgan fingerprint density at radius 1 is 1.03 bits per heavy atom. The molecule has 0 saturated carbocycles. The molecule has 31 heavy (non-hydrogen) atoms. The molecule has 2 aromatic carbocycles. The minimum atomic E-state index is -4.92. The molecular weight excluding hydrogens is 453 g/mol. The van der Waals surface area contributed by atoms with Crippen molar-refractivity contribution in [2.45, 2.75) is 42.9 Å². The molecule has 166 valence electrons. The molecule has 10 heteroatoms. The molecule has 0 unspecified atom stereocenters. The smallest absolute Gasteiger partial charge is 0.341 e. The predicted octanol–water partition coefficient (Wildman–Crippen LogP) is 4.10. The lowest BCUT2D eigenvalue weighted by Gasteiger charge is -2.37. The van der Waals surface area contributed by atoms with E-state index in [2.05, 4.69) is 0 Å². The van der Waals surface area contributed by atoms with Gasteiger partial charge < -0.3 is 4.90 Å². The molecule has 2 aliphatic rings. The van der Waals surface area contributed by atoms with E-state index in [9.17, 15) is 26.4 Å². The van der Waals surface area contributed by atoms with Crippen molar-refractivity contribution in [2.24, 2.45) is 0 Å². The summed E-state index contributed by atoms with van der Waals surface area (Å²) in [4.78, 5) is 13.9. The van der Waals surface area contributed by atoms with Crippen LogP contribution in [0.4, 0.5) is 13.2 Å². The second kappa shape index (κ2) is 8.11. The van der Waals surface area contributed by atoms with E-state index in [-0.39, 0.29) is 23.9 Å². The molecule has 0 bridgehead atoms. The number of benzene rings is 2. The van der Waals surface area contributed by atoms with E-state index >= 15 is 0 Å². The first-order valence-corrected chi connectivity index (χ1v) is 11.6. The van der Waals surface area contributed by atoms with Crippen LogP contribution in [0.1, 0.15) is 29.5 Å². The topological polar surface area (TPSA) is 57.7 Å². The maximum Gasteiger partial charge on any atom is 0.417 e. The molecule has 2 heterocycles. The third-order valence-electron chi connectivity index (χ3n) is 5.74. The Kier molecular flexibility index (Phi) is 5.78. The first-order chi connectivity index (χ1) is 14.6. The number of hydrogen-bond donors (Lipinski definition) is 0. The van der Waals surface area contributed by atoms with Crippen molar-refractivity contribution >= 4 is 27.5 Å². The number of likely N-dealkylation sites (tertiary alicyclic amines) is 1. The summed E-state index contributed by atoms with van der Waals surface area (Å²) >= 11 is 5.72. The Labute approximate surface area is 183 Å². The number of carbonyl (C=O) groups is 1. The second-order valence-corrected chi connectivity index (χ2v) is 10.0. The molecule has 4 rings (SSSR count). The highest BCUT2D eigenvalue weighted by Gasteiger charge is 2.45. The number of nitrogens with zero attached hydrogens (tertiary/aromatic N) is 2. The van der Waals surface area contributed by atoms with Crippen LogP contribution in [0, 0.1) is 0 Å². The predicted molar refractivity (Wildman–Crippen MR) is 109 cm³/mol. The Morgan fingerprint density at radius 3 is 2.32 bits per heavy atom. The third kappa shape index (κ3) is 4.18. The molecule has 2 aromatic rings. The zero-order valence-corrected chi connectivity index (χ0v) is 18.0. The Bertz CT molecular complexity index is 1120. The van der Waals surface area contributed by atoms with Crippen LogP contribution in [-0.2, 0) is 34.0 Å². The Morgan fingerprint density at radius 2 is 1.68 bits per heavy atom. The fourth-order valence-electron chi connectivity index (χ4n) is 4.19. The van der Waals surface area contributed by atoms with Crippen molar-refractivity contribution in [1.29, 1.82) is 0 Å². The summed E-state index contributed by atoms with van der Waals surface area (Å²) in [5.41, 5.74) is 0.143. The van der Waals surface area contributed by atoms with E-state index in [1.54, 1.807) is 23.1 Å². The van der Waals surface area contributed by atoms with Crippen molar-refractivity contribution in [3.05, 3.63) is 64.2 Å². The zero-order chi connectivity index (χ0) is 22.4. The molecule has 5 nitrogen and oxygen atoms in total. The van der Waals surface area contributed by atoms with E-state index in [1.807, 2.05) is 6.07 Å². The normalized spacial score (nSPS) is 20.0. The Balaban J connectivity index is 1.82. The van der Waals surface area contributed by atoms with E-state index in [1.165, 1.54) is 0 Å². The molecule has 0 aromatic heterocycles. The molecule has 1 fully saturated rings. The van der Waals surface area contributed by atoms with Gasteiger partial charge in [-0.25, -0.2) is 8.42 Å². The summed E-state index contributed by atoms with van der Waals surface area (Å²) in [5.74, 6) is -0.377. The molecule has 2 aliphatic heterocycles. The first-order valence-electron chi connectivity index (χ1n) is 9.83. The van der Waals surface area contributed by atoms with Gasteiger partial charge in [0.05, 0.1) is 10.5 Å². The average Bonchev–Trinajstić information content (AvgIpc) is 3.26. The average molecular weight is 473 g/mol. The van der Waals surface area contributed by atoms with E-state index in [4.69, 9.17) is 11.6 Å². The Hall–Kier alpha value is -2.10. The first kappa shape index (κ1) is 22.1. The van der Waals surface area contributed by atoms with Crippen LogP contribution in [0.15, 0.2) is 47.4 Å². The monoisotopic (exact) mass is 472 g/mol. The van der Waals surface area contributed by atoms with Crippen LogP contribution in [0.3, 0.4) is 0 Å². The van der Waals surface area contributed by atoms with Crippen LogP contribution in [0.2, 0.25) is 5.02 Å². The van der Waals surface area contributed by atoms with Crippen LogP contribution in [-0.4, -0.2) is 42.7 Å². The number of hydrogen-bond acceptors (Lipinski definition) is 3. The van der Waals surface area contributed by atoms with Crippen molar-refractivity contribution in [3.8, 4) is 0 Å². The summed E-state index contributed by atoms with van der Waals surface area (Å²) in [7, 11) is -4.65. The molecule has 0 spiro atoms. The van der Waals surface area contributed by atoms with Gasteiger partial charge in [-0.3, -0.25) is 4.79 Å². The number of rotatable bonds is 3. The van der Waals surface area contributed by atoms with Crippen molar-refractivity contribution in [2.75, 3.05) is 13.1 Å². The fraction of sp³-hybridized carbons (Fsp3) is 0.381. The van der Waals surface area contributed by atoms with Gasteiger partial charge in [0.25, 0.3) is 0 Å². The van der Waals surface area contributed by atoms with E-state index in [0.29, 0.717) is 24.7 Å². The van der Waals surface area contributed by atoms with Crippen molar-refractivity contribution in [1.82, 2.24) is 9.21 Å². The lowest BCUT2D eigenvalue weighted by Crippen LogP contribution is -2.53. The van der Waals surface area contributed by atoms with Gasteiger partial charge in [-0.1, -0.05) is 35.9 Å². The van der Waals surface area contributed by atoms with E-state index < -0.39 is 32.7 Å². The molecule has 1 saturated heterocycles. The number of halogens is 4. The summed E-state index contributed by atoms with van der Waals surface area (Å²) in [6.45, 7) is 0.849. The minimum Gasteiger partial charge on any atom is -0.341 e. The quantitative estimate of drug-likeness (QED) is 0.676. The summed E-state index contributed by atoms with van der Waals surface area (Å²) in [6, 6.07) is 8.53. The van der Waals surface area contributed by atoms with Gasteiger partial charge in [-0.2, -0.15) is 17.5 Å². The van der Waals surface area contributed by atoms with Crippen LogP contribution in [0.5, 0.6) is 0 Å². The van der Waals surface area contributed by atoms with Crippen molar-refractivity contribution < 1.29 is 26.4 Å². The number of alkyl halides is 3. The molecule has 0 N–H and O–H groups in total. The van der Waals surface area contributed by atoms with Crippen LogP contribution in [0.25, 0.3) is 0 Å². The van der Waals surface area contributed by atoms with Crippen LogP contribution >= 0.6 is 11.6 Å². The fourth-order valence-corrected chi connectivity index (χ4v) is 6.11. The molecule has 1 amide bonds. The summed E-state index contributed by atoms with van der Waals surface area (Å²) in [6.07, 6.45) is -3.18. The minimum absolute atomic E-state index is 0.111. The molecule has 0 aliphatic carbocycles. The standard InChI is InChI=1S/C21H20ClF3N2O3S/c22-16-7-8-19(17(12-16)21(23,24)25)31(29,30)27-13-15-6-2-1-5-14(15)11-18(27)20(28)26-9-3-4-10-26/h1-2,5-8,12,18H,3-4,9-11,13H2/t18-/m0/s1. The third-order valence-corrected chi connectivity index (χ3v) is 7.89. The highest BCUT2D eigenvalue weighted by molar-refractivity contribution is 7.89. The van der Waals surface area contributed by atoms with Crippen molar-refractivity contribution in [3.63, 3.8) is 0 Å². The van der Waals surface area contributed by atoms with Gasteiger partial charge in [0.2, 0.25) is 15.9 Å². The largest absolute Gasteiger partial charge is 0.417 e. The number of amides is 1. The van der Waals surface area contributed by atoms with Gasteiger partial charge in [0.1, 0.15) is 6.04 Å². The second-order valence-electron chi connectivity index (χ2n) is 7.71. The number of carbonyl (C=O) groups excluding carboxylic acids is 1. The highest BCUT2D eigenvalue weighted by atomic mass is 35.5. The van der Waals surface area contributed by atoms with Gasteiger partial charge in [0, 0.05) is 24.7 Å². The molecule has 1 atom stereocenters. The highest BCUT2D eigenvalue weighted by Crippen LogP contribution is 2.39. The lowest BCUT2D eigenvalue weighted by molar-refractivity contribution is -0.139. The zero-order valence-electron chi connectivity index (χ0n) is 16.4. The lowest BCUT2D eigenvalue weighted by atomic mass is 9.95. The van der Waals surface area contributed by atoms with Gasteiger partial charge >= 0.3 is 6.18 Å². The summed E-state index contributed by atoms with van der Waals surface area (Å²) in [5, 5.41) is -0.222. The van der Waals surface area contributed by atoms with Crippen LogP contribution < -0.4 is 0 Å². The SMILES string of the molecule is O=C([C@@H]1Cc2ccccc2CN1S(=O)(=O)c1ccc(Cl)cc1C(F)(F)F)N1CCCC1. The molecular formula is C21H20ClF3N2O3S. The molecule has 0 radical (unpaired) electrons. The van der Waals surface area contributed by atoms with Gasteiger partial charge in [-0.15, -0.1) is 0 Å². The van der Waals surface area contributed by atoms with Gasteiger partial charge in [-0.05, 0) is 48.6 Å². The maximum atomic E-state index is 13.6. The maximum absolute atomic E-state index is 13.6. The van der Waals surface area contributed by atoms with Gasteiger partial charge in [0.15, 0.2) is 0 Å². The number of fused-ring (bicyclic) bond motifs is 1. The summed E-state index contributed by atoms with van der Waals surface area (Å²) < 4.78 is 68.9.